The molecule has 2 heterocycles. The van der Waals surface area contributed by atoms with E-state index in [0.717, 1.165) is 0 Å². The number of sulfonamides is 1. The molecule has 0 fully saturated rings. The number of fused-ring (bicyclic) bond motifs is 1. The van der Waals surface area contributed by atoms with Crippen molar-refractivity contribution in [1.82, 2.24) is 19.7 Å². The summed E-state index contributed by atoms with van der Waals surface area (Å²) >= 11 is 0. The number of ether oxygens (including phenoxy) is 1. The van der Waals surface area contributed by atoms with Crippen molar-refractivity contribution in [2.24, 2.45) is 7.05 Å². The molecule has 1 amide bonds. The van der Waals surface area contributed by atoms with Gasteiger partial charge in [-0.15, -0.1) is 0 Å². The number of aryl methyl sites for hydroxylation is 1. The molecule has 0 aliphatic rings. The van der Waals surface area contributed by atoms with E-state index in [9.17, 15) is 18.0 Å². The summed E-state index contributed by atoms with van der Waals surface area (Å²) < 4.78 is 36.3. The minimum absolute atomic E-state index is 0.0492. The summed E-state index contributed by atoms with van der Waals surface area (Å²) in [5, 5.41) is 7.14. The molecule has 2 aromatic carbocycles. The van der Waals surface area contributed by atoms with E-state index < -0.39 is 15.6 Å². The van der Waals surface area contributed by atoms with Gasteiger partial charge in [-0.1, -0.05) is 20.8 Å². The Kier molecular flexibility index (Phi) is 7.02. The van der Waals surface area contributed by atoms with E-state index in [-0.39, 0.29) is 22.0 Å². The minimum atomic E-state index is -4.02. The van der Waals surface area contributed by atoms with Gasteiger partial charge in [0.15, 0.2) is 5.52 Å². The average Bonchev–Trinajstić information content (AvgIpc) is 3.17. The van der Waals surface area contributed by atoms with E-state index in [4.69, 9.17) is 9.72 Å². The van der Waals surface area contributed by atoms with Crippen LogP contribution < -0.4 is 20.3 Å². The standard InChI is InChI=1S/C26H30N6O5S/c1-7-37-20-13-12-18(38(35,36)31-17-10-8-16(9-11-17)27-15(2)33)14-19(20)24-28-21-22(25(34)29-24)32(6)30-23(21)26(3,4)5/h8-14,31H,7H2,1-6H3,(H,27,33)(H,28,29,34). The quantitative estimate of drug-likeness (QED) is 0.324. The van der Waals surface area contributed by atoms with Crippen LogP contribution in [0.25, 0.3) is 22.4 Å². The van der Waals surface area contributed by atoms with Crippen molar-refractivity contribution in [1.29, 1.82) is 0 Å². The van der Waals surface area contributed by atoms with E-state index in [0.29, 0.717) is 46.0 Å². The number of hydrogen-bond acceptors (Lipinski definition) is 7. The van der Waals surface area contributed by atoms with Gasteiger partial charge in [0.05, 0.1) is 22.8 Å². The van der Waals surface area contributed by atoms with Crippen LogP contribution in [0.3, 0.4) is 0 Å². The van der Waals surface area contributed by atoms with E-state index in [1.807, 2.05) is 20.8 Å². The predicted octanol–water partition coefficient (Wildman–Crippen LogP) is 3.78. The van der Waals surface area contributed by atoms with E-state index in [1.165, 1.54) is 29.8 Å². The van der Waals surface area contributed by atoms with Gasteiger partial charge in [0.25, 0.3) is 15.6 Å². The van der Waals surface area contributed by atoms with Gasteiger partial charge in [0, 0.05) is 30.8 Å². The molecule has 38 heavy (non-hydrogen) atoms. The van der Waals surface area contributed by atoms with Gasteiger partial charge < -0.3 is 15.0 Å². The number of nitrogens with zero attached hydrogens (tertiary/aromatic N) is 3. The first-order valence-corrected chi connectivity index (χ1v) is 13.4. The number of carbonyl (C=O) groups is 1. The third-order valence-corrected chi connectivity index (χ3v) is 7.06. The van der Waals surface area contributed by atoms with Gasteiger partial charge in [-0.05, 0) is 49.4 Å². The van der Waals surface area contributed by atoms with Gasteiger partial charge in [-0.3, -0.25) is 19.0 Å². The second-order valence-corrected chi connectivity index (χ2v) is 11.5. The smallest absolute Gasteiger partial charge is 0.277 e. The molecular formula is C26H30N6O5S. The first-order chi connectivity index (χ1) is 17.8. The zero-order valence-corrected chi connectivity index (χ0v) is 22.9. The monoisotopic (exact) mass is 538 g/mol. The first kappa shape index (κ1) is 26.9. The maximum atomic E-state index is 13.3. The molecule has 0 aliphatic carbocycles. The Morgan fingerprint density at radius 2 is 1.76 bits per heavy atom. The number of hydrogen-bond donors (Lipinski definition) is 3. The highest BCUT2D eigenvalue weighted by Gasteiger charge is 2.26. The molecule has 4 aromatic rings. The number of benzene rings is 2. The van der Waals surface area contributed by atoms with Gasteiger partial charge in [-0.2, -0.15) is 5.10 Å². The van der Waals surface area contributed by atoms with Crippen molar-refractivity contribution in [2.75, 3.05) is 16.6 Å². The molecule has 0 atom stereocenters. The van der Waals surface area contributed by atoms with Crippen molar-refractivity contribution in [2.45, 2.75) is 44.9 Å². The average molecular weight is 539 g/mol. The van der Waals surface area contributed by atoms with Crippen LogP contribution in [-0.4, -0.2) is 40.7 Å². The van der Waals surface area contributed by atoms with Gasteiger partial charge in [0.2, 0.25) is 5.91 Å². The van der Waals surface area contributed by atoms with Crippen molar-refractivity contribution < 1.29 is 17.9 Å². The largest absolute Gasteiger partial charge is 0.493 e. The Morgan fingerprint density at radius 1 is 1.11 bits per heavy atom. The number of rotatable bonds is 7. The van der Waals surface area contributed by atoms with E-state index in [2.05, 4.69) is 20.1 Å². The zero-order chi connectivity index (χ0) is 27.8. The lowest BCUT2D eigenvalue weighted by Crippen LogP contribution is -2.15. The normalized spacial score (nSPS) is 11.9. The molecule has 12 heteroatoms. The highest BCUT2D eigenvalue weighted by atomic mass is 32.2. The predicted molar refractivity (Wildman–Crippen MR) is 146 cm³/mol. The van der Waals surface area contributed by atoms with Crippen LogP contribution in [0.4, 0.5) is 11.4 Å². The van der Waals surface area contributed by atoms with Crippen molar-refractivity contribution in [3.05, 3.63) is 58.5 Å². The molecular weight excluding hydrogens is 508 g/mol. The fourth-order valence-electron chi connectivity index (χ4n) is 3.99. The maximum Gasteiger partial charge on any atom is 0.277 e. The van der Waals surface area contributed by atoms with Gasteiger partial charge in [-0.25, -0.2) is 13.4 Å². The van der Waals surface area contributed by atoms with Crippen molar-refractivity contribution in [3.63, 3.8) is 0 Å². The van der Waals surface area contributed by atoms with E-state index in [1.54, 1.807) is 38.2 Å². The number of H-pyrrole nitrogens is 1. The highest BCUT2D eigenvalue weighted by molar-refractivity contribution is 7.92. The fraction of sp³-hybridized carbons (Fsp3) is 0.308. The van der Waals surface area contributed by atoms with Crippen LogP contribution in [0, 0.1) is 0 Å². The SMILES string of the molecule is CCOc1ccc(S(=O)(=O)Nc2ccc(NC(C)=O)cc2)cc1-c1nc2c(C(C)(C)C)nn(C)c2c(=O)[nH]1. The lowest BCUT2D eigenvalue weighted by Gasteiger charge is -2.16. The summed E-state index contributed by atoms with van der Waals surface area (Å²) in [6, 6.07) is 10.6. The Bertz CT molecular complexity index is 1680. The zero-order valence-electron chi connectivity index (χ0n) is 22.0. The molecule has 4 rings (SSSR count). The maximum absolute atomic E-state index is 13.3. The molecule has 0 bridgehead atoms. The summed E-state index contributed by atoms with van der Waals surface area (Å²) in [6.07, 6.45) is 0. The topological polar surface area (TPSA) is 148 Å². The summed E-state index contributed by atoms with van der Waals surface area (Å²) in [5.41, 5.74) is 1.80. The van der Waals surface area contributed by atoms with Crippen molar-refractivity contribution in [3.8, 4) is 17.1 Å². The van der Waals surface area contributed by atoms with Crippen molar-refractivity contribution >= 4 is 38.3 Å². The minimum Gasteiger partial charge on any atom is -0.493 e. The fourth-order valence-corrected chi connectivity index (χ4v) is 5.08. The number of aromatic amines is 1. The lowest BCUT2D eigenvalue weighted by atomic mass is 9.91. The van der Waals surface area contributed by atoms with E-state index >= 15 is 0 Å². The molecule has 0 radical (unpaired) electrons. The summed E-state index contributed by atoms with van der Waals surface area (Å²) in [7, 11) is -2.34. The van der Waals surface area contributed by atoms with Crippen LogP contribution in [0.15, 0.2) is 52.2 Å². The van der Waals surface area contributed by atoms with Gasteiger partial charge >= 0.3 is 0 Å². The van der Waals surface area contributed by atoms with Gasteiger partial charge in [0.1, 0.15) is 17.1 Å². The number of amides is 1. The molecule has 2 aromatic heterocycles. The van der Waals surface area contributed by atoms with Crippen LogP contribution in [0.2, 0.25) is 0 Å². The molecule has 0 saturated heterocycles. The van der Waals surface area contributed by atoms with Crippen LogP contribution in [-0.2, 0) is 27.3 Å². The third-order valence-electron chi connectivity index (χ3n) is 5.68. The lowest BCUT2D eigenvalue weighted by molar-refractivity contribution is -0.114. The Labute approximate surface area is 220 Å². The molecule has 3 N–H and O–H groups in total. The third kappa shape index (κ3) is 5.40. The number of anilines is 2. The number of carbonyl (C=O) groups excluding carboxylic acids is 1. The Morgan fingerprint density at radius 3 is 2.37 bits per heavy atom. The van der Waals surface area contributed by atoms with Crippen LogP contribution in [0.1, 0.15) is 40.3 Å². The summed E-state index contributed by atoms with van der Waals surface area (Å²) in [4.78, 5) is 31.7. The first-order valence-electron chi connectivity index (χ1n) is 12.0. The molecule has 0 spiro atoms. The Balaban J connectivity index is 1.80. The molecule has 0 saturated carbocycles. The number of aromatic nitrogens is 4. The second-order valence-electron chi connectivity index (χ2n) is 9.79. The van der Waals surface area contributed by atoms with Crippen LogP contribution >= 0.6 is 0 Å². The molecule has 0 unspecified atom stereocenters. The summed E-state index contributed by atoms with van der Waals surface area (Å²) in [5.74, 6) is 0.307. The molecule has 11 nitrogen and oxygen atoms in total. The highest BCUT2D eigenvalue weighted by Crippen LogP contribution is 2.33. The summed E-state index contributed by atoms with van der Waals surface area (Å²) in [6.45, 7) is 9.45. The number of nitrogens with one attached hydrogen (secondary N) is 3. The molecule has 200 valence electrons. The second kappa shape index (κ2) is 9.93. The molecule has 0 aliphatic heterocycles. The van der Waals surface area contributed by atoms with Crippen LogP contribution in [0.5, 0.6) is 5.75 Å². The Hall–Kier alpha value is -4.19.